The van der Waals surface area contributed by atoms with Crippen molar-refractivity contribution >= 4 is 23.4 Å². The molecule has 12 heteroatoms. The first-order valence-corrected chi connectivity index (χ1v) is 17.3. The third kappa shape index (κ3) is 9.62. The molecule has 0 aliphatic carbocycles. The van der Waals surface area contributed by atoms with Crippen LogP contribution in [0.2, 0.25) is 5.02 Å². The quantitative estimate of drug-likeness (QED) is 0.169. The van der Waals surface area contributed by atoms with Gasteiger partial charge in [0.05, 0.1) is 41.7 Å². The Hall–Kier alpha value is -7.21. The molecule has 2 aromatic heterocycles. The van der Waals surface area contributed by atoms with Gasteiger partial charge < -0.3 is 15.4 Å². The molecule has 2 heterocycles. The number of aryl methyl sites for hydroxylation is 2. The molecule has 11 nitrogen and oxygen atoms in total. The van der Waals surface area contributed by atoms with Gasteiger partial charge in [0.2, 0.25) is 0 Å². The van der Waals surface area contributed by atoms with Crippen LogP contribution in [0, 0.1) is 36.5 Å². The Kier molecular flexibility index (Phi) is 12.8. The second kappa shape index (κ2) is 18.0. The number of rotatable bonds is 9. The van der Waals surface area contributed by atoms with Gasteiger partial charge in [0, 0.05) is 29.5 Å². The van der Waals surface area contributed by atoms with Crippen LogP contribution in [0.25, 0.3) is 11.4 Å². The lowest BCUT2D eigenvalue weighted by atomic mass is 10.1. The molecule has 2 N–H and O–H groups in total. The van der Waals surface area contributed by atoms with Crippen LogP contribution < -0.4 is 26.5 Å². The normalized spacial score (nSPS) is 10.2. The Balaban J connectivity index is 0.000000211. The number of carbonyl (C=O) groups excluding carboxylic acids is 2. The molecule has 0 aliphatic rings. The van der Waals surface area contributed by atoms with Gasteiger partial charge >= 0.3 is 0 Å². The number of nitriles is 2. The molecule has 6 aromatic rings. The Morgan fingerprint density at radius 2 is 1.05 bits per heavy atom. The number of benzene rings is 4. The fourth-order valence-corrected chi connectivity index (χ4v) is 5.70. The van der Waals surface area contributed by atoms with E-state index in [9.17, 15) is 19.2 Å². The van der Waals surface area contributed by atoms with E-state index in [2.05, 4.69) is 22.8 Å². The molecular weight excluding hydrogens is 716 g/mol. The van der Waals surface area contributed by atoms with Crippen molar-refractivity contribution in [3.05, 3.63) is 192 Å². The molecule has 4 aromatic carbocycles. The van der Waals surface area contributed by atoms with Crippen molar-refractivity contribution in [2.75, 3.05) is 7.11 Å². The molecule has 0 aliphatic heterocycles. The molecule has 0 radical (unpaired) electrons. The van der Waals surface area contributed by atoms with Crippen molar-refractivity contribution in [2.24, 2.45) is 0 Å². The van der Waals surface area contributed by atoms with Gasteiger partial charge in [0.25, 0.3) is 22.9 Å². The molecule has 55 heavy (non-hydrogen) atoms. The highest BCUT2D eigenvalue weighted by atomic mass is 35.5. The highest BCUT2D eigenvalue weighted by Crippen LogP contribution is 2.15. The number of pyridine rings is 2. The fourth-order valence-electron chi connectivity index (χ4n) is 5.58. The van der Waals surface area contributed by atoms with Crippen molar-refractivity contribution in [2.45, 2.75) is 26.9 Å². The summed E-state index contributed by atoms with van der Waals surface area (Å²) in [5.74, 6) is -0.178. The summed E-state index contributed by atoms with van der Waals surface area (Å²) in [5, 5.41) is 24.3. The van der Waals surface area contributed by atoms with Gasteiger partial charge in [-0.15, -0.1) is 0 Å². The minimum Gasteiger partial charge on any atom is -0.497 e. The second-order valence-corrected chi connectivity index (χ2v) is 12.7. The number of nitrogens with one attached hydrogen (secondary N) is 2. The average molecular weight is 751 g/mol. The summed E-state index contributed by atoms with van der Waals surface area (Å²) < 4.78 is 7.97. The van der Waals surface area contributed by atoms with Gasteiger partial charge in [0.1, 0.15) is 16.9 Å². The van der Waals surface area contributed by atoms with Crippen LogP contribution in [-0.2, 0) is 13.1 Å². The topological polar surface area (TPSA) is 159 Å². The van der Waals surface area contributed by atoms with E-state index in [1.54, 1.807) is 93.8 Å². The SMILES string of the molecule is COc1ccc(CNC(=O)c2ccc(C)n(-c3cccc(C#N)c3)c2=O)cc1.Cc1ccc(C(=O)NCc2ccc(Cl)cc2)c(=O)n1-c1cccc(C#N)c1. The van der Waals surface area contributed by atoms with Crippen LogP contribution in [0.4, 0.5) is 0 Å². The van der Waals surface area contributed by atoms with E-state index in [0.717, 1.165) is 16.9 Å². The lowest BCUT2D eigenvalue weighted by molar-refractivity contribution is 0.0941. The van der Waals surface area contributed by atoms with Gasteiger partial charge in [-0.3, -0.25) is 28.3 Å². The van der Waals surface area contributed by atoms with Crippen molar-refractivity contribution < 1.29 is 14.3 Å². The maximum absolute atomic E-state index is 12.9. The van der Waals surface area contributed by atoms with Crippen LogP contribution in [-0.4, -0.2) is 28.1 Å². The van der Waals surface area contributed by atoms with Crippen molar-refractivity contribution in [1.29, 1.82) is 10.5 Å². The van der Waals surface area contributed by atoms with Crippen LogP contribution in [0.1, 0.15) is 54.4 Å². The number of nitrogens with zero attached hydrogens (tertiary/aromatic N) is 4. The highest BCUT2D eigenvalue weighted by molar-refractivity contribution is 6.30. The van der Waals surface area contributed by atoms with Gasteiger partial charge in [-0.05, 0) is 110 Å². The van der Waals surface area contributed by atoms with E-state index < -0.39 is 22.9 Å². The van der Waals surface area contributed by atoms with E-state index in [4.69, 9.17) is 26.9 Å². The Labute approximate surface area is 322 Å². The van der Waals surface area contributed by atoms with Crippen LogP contribution >= 0.6 is 11.6 Å². The smallest absolute Gasteiger partial charge is 0.268 e. The zero-order valence-electron chi connectivity index (χ0n) is 30.2. The predicted octanol–water partition coefficient (Wildman–Crippen LogP) is 6.56. The summed E-state index contributed by atoms with van der Waals surface area (Å²) in [6, 6.07) is 38.4. The summed E-state index contributed by atoms with van der Waals surface area (Å²) in [6.07, 6.45) is 0. The Morgan fingerprint density at radius 3 is 1.45 bits per heavy atom. The number of amides is 2. The Bertz CT molecular complexity index is 2560. The lowest BCUT2D eigenvalue weighted by Gasteiger charge is -2.12. The molecule has 2 amide bonds. The summed E-state index contributed by atoms with van der Waals surface area (Å²) in [7, 11) is 1.59. The van der Waals surface area contributed by atoms with E-state index in [1.807, 2.05) is 36.4 Å². The van der Waals surface area contributed by atoms with Crippen LogP contribution in [0.5, 0.6) is 5.75 Å². The molecule has 6 rings (SSSR count). The summed E-state index contributed by atoms with van der Waals surface area (Å²) >= 11 is 5.85. The molecule has 0 atom stereocenters. The molecule has 0 saturated carbocycles. The molecule has 0 bridgehead atoms. The third-order valence-corrected chi connectivity index (χ3v) is 8.74. The standard InChI is InChI=1S/C22H19N3O3.C21H16ClN3O2/c1-15-6-11-20(21(26)24-14-16-7-9-19(28-2)10-8-16)22(27)25(15)18-5-3-4-17(12-18)13-23;1-14-5-10-19(20(26)24-13-15-6-8-17(22)9-7-15)21(27)25(14)18-4-2-3-16(11-18)12-23/h3-12H,14H2,1-2H3,(H,24,26);2-11H,13H2,1H3,(H,24,26). The van der Waals surface area contributed by atoms with E-state index in [0.29, 0.717) is 45.5 Å². The molecule has 0 fully saturated rings. The Morgan fingerprint density at radius 1 is 0.636 bits per heavy atom. The predicted molar refractivity (Wildman–Crippen MR) is 210 cm³/mol. The van der Waals surface area contributed by atoms with E-state index >= 15 is 0 Å². The number of aromatic nitrogens is 2. The summed E-state index contributed by atoms with van der Waals surface area (Å²) in [6.45, 7) is 4.13. The number of halogens is 1. The van der Waals surface area contributed by atoms with Crippen LogP contribution in [0.3, 0.4) is 0 Å². The van der Waals surface area contributed by atoms with Gasteiger partial charge in [-0.25, -0.2) is 0 Å². The number of carbonyl (C=O) groups is 2. The monoisotopic (exact) mass is 750 g/mol. The maximum atomic E-state index is 12.9. The molecule has 274 valence electrons. The zero-order valence-corrected chi connectivity index (χ0v) is 30.9. The fraction of sp³-hybridized carbons (Fsp3) is 0.116. The highest BCUT2D eigenvalue weighted by Gasteiger charge is 2.16. The number of methoxy groups -OCH3 is 1. The summed E-state index contributed by atoms with van der Waals surface area (Å²) in [4.78, 5) is 50.9. The van der Waals surface area contributed by atoms with Gasteiger partial charge in [-0.1, -0.05) is 48.0 Å². The maximum Gasteiger partial charge on any atom is 0.268 e. The first-order chi connectivity index (χ1) is 26.5. The van der Waals surface area contributed by atoms with Crippen molar-refractivity contribution in [1.82, 2.24) is 19.8 Å². The molecule has 0 spiro atoms. The average Bonchev–Trinajstić information content (AvgIpc) is 3.20. The first kappa shape index (κ1) is 39.0. The van der Waals surface area contributed by atoms with Crippen LogP contribution in [0.15, 0.2) is 131 Å². The lowest BCUT2D eigenvalue weighted by Crippen LogP contribution is -2.33. The second-order valence-electron chi connectivity index (χ2n) is 12.2. The van der Waals surface area contributed by atoms with Crippen molar-refractivity contribution in [3.63, 3.8) is 0 Å². The largest absolute Gasteiger partial charge is 0.497 e. The van der Waals surface area contributed by atoms with E-state index in [1.165, 1.54) is 21.3 Å². The number of hydrogen-bond donors (Lipinski definition) is 2. The third-order valence-electron chi connectivity index (χ3n) is 8.49. The molecule has 0 saturated heterocycles. The molecule has 0 unspecified atom stereocenters. The number of ether oxygens (including phenoxy) is 1. The first-order valence-electron chi connectivity index (χ1n) is 16.9. The minimum absolute atomic E-state index is 0.0388. The minimum atomic E-state index is -0.458. The van der Waals surface area contributed by atoms with Crippen molar-refractivity contribution in [3.8, 4) is 29.3 Å². The number of hydrogen-bond acceptors (Lipinski definition) is 7. The van der Waals surface area contributed by atoms with Gasteiger partial charge in [0.15, 0.2) is 0 Å². The van der Waals surface area contributed by atoms with Gasteiger partial charge in [-0.2, -0.15) is 10.5 Å². The summed E-state index contributed by atoms with van der Waals surface area (Å²) in [5.41, 5.74) is 4.31. The molecular formula is C43H35ClN6O5. The van der Waals surface area contributed by atoms with E-state index in [-0.39, 0.29) is 17.7 Å². The zero-order chi connectivity index (χ0) is 39.5.